The molecule has 1 aromatic heterocycles. The summed E-state index contributed by atoms with van der Waals surface area (Å²) in [5, 5.41) is 13.4. The van der Waals surface area contributed by atoms with E-state index in [0.29, 0.717) is 69.4 Å². The highest BCUT2D eigenvalue weighted by Gasteiger charge is 2.37. The molecular formula is C35H47N5O5. The van der Waals surface area contributed by atoms with Crippen LogP contribution in [0.15, 0.2) is 42.5 Å². The lowest BCUT2D eigenvalue weighted by Crippen LogP contribution is -2.47. The molecule has 45 heavy (non-hydrogen) atoms. The van der Waals surface area contributed by atoms with Gasteiger partial charge in [-0.15, -0.1) is 0 Å². The number of aromatic nitrogens is 1. The zero-order valence-corrected chi connectivity index (χ0v) is 26.2. The van der Waals surface area contributed by atoms with Crippen LogP contribution in [0.2, 0.25) is 0 Å². The first-order chi connectivity index (χ1) is 21.9. The van der Waals surface area contributed by atoms with Crippen LogP contribution < -0.4 is 10.1 Å². The number of pyridine rings is 1. The molecule has 3 amide bonds. The smallest absolute Gasteiger partial charge is 0.270 e. The van der Waals surface area contributed by atoms with Crippen molar-refractivity contribution in [2.24, 2.45) is 23.7 Å². The minimum atomic E-state index is -0.235. The van der Waals surface area contributed by atoms with Crippen LogP contribution in [0.4, 0.5) is 0 Å². The molecule has 4 aliphatic heterocycles. The Bertz CT molecular complexity index is 1350. The molecule has 4 bridgehead atoms. The predicted molar refractivity (Wildman–Crippen MR) is 170 cm³/mol. The minimum Gasteiger partial charge on any atom is -0.508 e. The van der Waals surface area contributed by atoms with E-state index in [4.69, 9.17) is 4.74 Å². The second-order valence-electron chi connectivity index (χ2n) is 13.4. The molecule has 1 aromatic carbocycles. The van der Waals surface area contributed by atoms with Gasteiger partial charge in [0.05, 0.1) is 6.61 Å². The summed E-state index contributed by atoms with van der Waals surface area (Å²) in [6.45, 7) is 6.24. The highest BCUT2D eigenvalue weighted by molar-refractivity contribution is 5.92. The van der Waals surface area contributed by atoms with Gasteiger partial charge in [-0.3, -0.25) is 19.3 Å². The normalized spacial score (nSPS) is 26.8. The fourth-order valence-corrected chi connectivity index (χ4v) is 7.76. The lowest BCUT2D eigenvalue weighted by Gasteiger charge is -2.42. The number of aromatic hydroxyl groups is 1. The molecule has 2 N–H and O–H groups in total. The Morgan fingerprint density at radius 2 is 1.76 bits per heavy atom. The van der Waals surface area contributed by atoms with Gasteiger partial charge < -0.3 is 25.0 Å². The first kappa shape index (κ1) is 31.3. The molecule has 4 atom stereocenters. The van der Waals surface area contributed by atoms with Crippen molar-refractivity contribution in [2.45, 2.75) is 57.9 Å². The third kappa shape index (κ3) is 7.95. The van der Waals surface area contributed by atoms with Crippen molar-refractivity contribution in [2.75, 3.05) is 52.4 Å². The largest absolute Gasteiger partial charge is 0.508 e. The highest BCUT2D eigenvalue weighted by Crippen LogP contribution is 2.34. The third-order valence-corrected chi connectivity index (χ3v) is 10.4. The van der Waals surface area contributed by atoms with E-state index in [0.717, 1.165) is 63.8 Å². The maximum atomic E-state index is 13.9. The molecule has 0 saturated carbocycles. The molecule has 3 fully saturated rings. The summed E-state index contributed by atoms with van der Waals surface area (Å²) in [6, 6.07) is 12.7. The zero-order chi connectivity index (χ0) is 31.2. The molecule has 242 valence electrons. The summed E-state index contributed by atoms with van der Waals surface area (Å²) in [5.74, 6) is 1.71. The lowest BCUT2D eigenvalue weighted by molar-refractivity contribution is -0.137. The van der Waals surface area contributed by atoms with Gasteiger partial charge in [-0.05, 0) is 80.9 Å². The molecular weight excluding hydrogens is 570 g/mol. The Labute approximate surface area is 266 Å². The van der Waals surface area contributed by atoms with Crippen LogP contribution in [0, 0.1) is 23.7 Å². The van der Waals surface area contributed by atoms with E-state index >= 15 is 0 Å². The maximum Gasteiger partial charge on any atom is 0.270 e. The number of benzene rings is 1. The van der Waals surface area contributed by atoms with Gasteiger partial charge in [-0.2, -0.15) is 0 Å². The van der Waals surface area contributed by atoms with Crippen LogP contribution in [-0.2, 0) is 16.1 Å². The molecule has 2 aromatic rings. The van der Waals surface area contributed by atoms with Crippen molar-refractivity contribution in [3.63, 3.8) is 0 Å². The zero-order valence-electron chi connectivity index (χ0n) is 26.2. The second kappa shape index (κ2) is 14.6. The van der Waals surface area contributed by atoms with Crippen LogP contribution in [-0.4, -0.2) is 94.9 Å². The van der Waals surface area contributed by atoms with Crippen molar-refractivity contribution in [1.82, 2.24) is 25.0 Å². The number of phenols is 1. The van der Waals surface area contributed by atoms with Crippen LogP contribution in [0.1, 0.15) is 67.4 Å². The standard InChI is InChI=1S/C35H47N5O5/c41-31-8-2-1-6-29(31)23-38-17-11-25-21-34(43)40-18-12-26(20-33(42)39-15-3-4-16-39)28(24-40)13-19-45-32-9-5-7-30(37-32)35(44)36-14-10-27(25)22-38/h1-2,5-9,25-28,41H,3-4,10-24H2,(H,36,44)/t25-,26-,27-,28-/m0/s1. The Kier molecular flexibility index (Phi) is 10.2. The Hall–Kier alpha value is -3.66. The Balaban J connectivity index is 1.18. The van der Waals surface area contributed by atoms with Crippen molar-refractivity contribution >= 4 is 17.7 Å². The maximum absolute atomic E-state index is 13.9. The number of carbonyl (C=O) groups is 3. The Morgan fingerprint density at radius 1 is 0.911 bits per heavy atom. The summed E-state index contributed by atoms with van der Waals surface area (Å²) in [6.07, 6.45) is 6.35. The summed E-state index contributed by atoms with van der Waals surface area (Å²) in [7, 11) is 0. The summed E-state index contributed by atoms with van der Waals surface area (Å²) >= 11 is 0. The molecule has 0 radical (unpaired) electrons. The summed E-state index contributed by atoms with van der Waals surface area (Å²) < 4.78 is 6.02. The van der Waals surface area contributed by atoms with Gasteiger partial charge in [-0.1, -0.05) is 24.3 Å². The van der Waals surface area contributed by atoms with Crippen molar-refractivity contribution < 1.29 is 24.2 Å². The van der Waals surface area contributed by atoms with Gasteiger partial charge in [0.15, 0.2) is 0 Å². The van der Waals surface area contributed by atoms with E-state index in [1.807, 2.05) is 28.0 Å². The van der Waals surface area contributed by atoms with Gasteiger partial charge >= 0.3 is 0 Å². The van der Waals surface area contributed by atoms with Crippen molar-refractivity contribution in [3.05, 3.63) is 53.7 Å². The molecule has 4 aliphatic rings. The summed E-state index contributed by atoms with van der Waals surface area (Å²) in [5.41, 5.74) is 1.22. The number of piperidine rings is 2. The first-order valence-corrected chi connectivity index (χ1v) is 16.9. The van der Waals surface area contributed by atoms with Crippen LogP contribution >= 0.6 is 0 Å². The number of nitrogens with one attached hydrogen (secondary N) is 1. The van der Waals surface area contributed by atoms with E-state index in [1.165, 1.54) is 0 Å². The predicted octanol–water partition coefficient (Wildman–Crippen LogP) is 3.70. The third-order valence-electron chi connectivity index (χ3n) is 10.4. The average Bonchev–Trinajstić information content (AvgIpc) is 3.59. The lowest BCUT2D eigenvalue weighted by atomic mass is 9.79. The molecule has 6 rings (SSSR count). The molecule has 10 heteroatoms. The first-order valence-electron chi connectivity index (χ1n) is 16.9. The number of para-hydroxylation sites is 1. The average molecular weight is 618 g/mol. The number of nitrogens with zero attached hydrogens (tertiary/aromatic N) is 4. The quantitative estimate of drug-likeness (QED) is 0.538. The number of amides is 3. The molecule has 3 saturated heterocycles. The number of carbonyl (C=O) groups excluding carboxylic acids is 3. The second-order valence-corrected chi connectivity index (χ2v) is 13.4. The van der Waals surface area contributed by atoms with E-state index in [1.54, 1.807) is 24.3 Å². The molecule has 5 heterocycles. The van der Waals surface area contributed by atoms with Crippen LogP contribution in [0.25, 0.3) is 0 Å². The van der Waals surface area contributed by atoms with Gasteiger partial charge in [0.1, 0.15) is 11.4 Å². The fraction of sp³-hybridized carbons (Fsp3) is 0.600. The molecule has 0 spiro atoms. The number of fused-ring (bicyclic) bond motifs is 5. The number of likely N-dealkylation sites (tertiary alicyclic amines) is 2. The van der Waals surface area contributed by atoms with Crippen molar-refractivity contribution in [3.8, 4) is 11.6 Å². The number of hydrogen-bond acceptors (Lipinski definition) is 7. The number of phenolic OH excluding ortho intramolecular Hbond substituents is 1. The van der Waals surface area contributed by atoms with E-state index < -0.39 is 0 Å². The van der Waals surface area contributed by atoms with Gasteiger partial charge in [-0.25, -0.2) is 4.98 Å². The Morgan fingerprint density at radius 3 is 2.60 bits per heavy atom. The molecule has 0 unspecified atom stereocenters. The van der Waals surface area contributed by atoms with Gasteiger partial charge in [0.25, 0.3) is 5.91 Å². The van der Waals surface area contributed by atoms with Crippen LogP contribution in [0.3, 0.4) is 0 Å². The number of hydrogen-bond donors (Lipinski definition) is 2. The SMILES string of the molecule is O=C1NCC[C@H]2CN(Cc3ccccc3O)CC[C@H]2CC(=O)N2CC[C@@H](CC(=O)N3CCCC3)[C@@H](CCOc3cccc1n3)C2. The minimum absolute atomic E-state index is 0.160. The van der Waals surface area contributed by atoms with Crippen molar-refractivity contribution in [1.29, 1.82) is 0 Å². The highest BCUT2D eigenvalue weighted by atomic mass is 16.5. The van der Waals surface area contributed by atoms with Gasteiger partial charge in [0.2, 0.25) is 17.7 Å². The van der Waals surface area contributed by atoms with E-state index in [-0.39, 0.29) is 41.4 Å². The number of ether oxygens (including phenoxy) is 1. The van der Waals surface area contributed by atoms with Crippen LogP contribution in [0.5, 0.6) is 11.6 Å². The molecule has 0 aliphatic carbocycles. The summed E-state index contributed by atoms with van der Waals surface area (Å²) in [4.78, 5) is 50.8. The fourth-order valence-electron chi connectivity index (χ4n) is 7.76. The monoisotopic (exact) mass is 617 g/mol. The van der Waals surface area contributed by atoms with E-state index in [9.17, 15) is 19.5 Å². The van der Waals surface area contributed by atoms with E-state index in [2.05, 4.69) is 15.2 Å². The number of rotatable bonds is 4. The molecule has 10 nitrogen and oxygen atoms in total. The van der Waals surface area contributed by atoms with Gasteiger partial charge in [0, 0.05) is 70.3 Å². The topological polar surface area (TPSA) is 115 Å².